The molecule has 3 heterocycles. The molecule has 4 aromatic rings. The Kier molecular flexibility index (Phi) is 5.99. The molecule has 0 radical (unpaired) electrons. The van der Waals surface area contributed by atoms with Crippen molar-refractivity contribution in [3.05, 3.63) is 65.7 Å². The number of para-hydroxylation sites is 2. The second-order valence-electron chi connectivity index (χ2n) is 8.38. The lowest BCUT2D eigenvalue weighted by Crippen LogP contribution is -2.22. The number of benzene rings is 2. The molecule has 1 aliphatic rings. The Hall–Kier alpha value is -3.77. The number of hydrogen-bond donors (Lipinski definition) is 2. The molecule has 2 N–H and O–H groups in total. The van der Waals surface area contributed by atoms with E-state index in [-0.39, 0.29) is 11.3 Å². The third-order valence-electron chi connectivity index (χ3n) is 5.96. The highest BCUT2D eigenvalue weighted by Crippen LogP contribution is 2.34. The Bertz CT molecular complexity index is 1360. The maximum Gasteiger partial charge on any atom is 0.232 e. The predicted octanol–water partition coefficient (Wildman–Crippen LogP) is 5.03. The van der Waals surface area contributed by atoms with Crippen molar-refractivity contribution in [1.29, 1.82) is 5.26 Å². The summed E-state index contributed by atoms with van der Waals surface area (Å²) < 4.78 is 2.03. The normalized spacial score (nSPS) is 15.4. The zero-order valence-electron chi connectivity index (χ0n) is 19.1. The number of rotatable bonds is 6. The van der Waals surface area contributed by atoms with Crippen molar-refractivity contribution in [3.63, 3.8) is 0 Å². The van der Waals surface area contributed by atoms with Gasteiger partial charge in [-0.25, -0.2) is 4.98 Å². The number of aromatic amines is 1. The van der Waals surface area contributed by atoms with Crippen LogP contribution in [0.1, 0.15) is 31.2 Å². The Morgan fingerprint density at radius 1 is 1.12 bits per heavy atom. The van der Waals surface area contributed by atoms with E-state index in [1.807, 2.05) is 35.8 Å². The molecule has 34 heavy (non-hydrogen) atoms. The van der Waals surface area contributed by atoms with Crippen LogP contribution in [0.4, 0.5) is 5.95 Å². The fraction of sp³-hybridized carbons (Fsp3) is 0.280. The number of aliphatic hydroxyl groups excluding tert-OH is 1. The van der Waals surface area contributed by atoms with Crippen molar-refractivity contribution in [2.75, 3.05) is 18.0 Å². The molecule has 1 aliphatic heterocycles. The van der Waals surface area contributed by atoms with E-state index in [2.05, 4.69) is 62.3 Å². The smallest absolute Gasteiger partial charge is 0.232 e. The van der Waals surface area contributed by atoms with Crippen LogP contribution in [0.3, 0.4) is 0 Å². The summed E-state index contributed by atoms with van der Waals surface area (Å²) in [4.78, 5) is 9.85. The minimum Gasteiger partial charge on any atom is -0.510 e. The van der Waals surface area contributed by atoms with E-state index < -0.39 is 5.25 Å². The minimum absolute atomic E-state index is 0.0484. The number of aromatic nitrogens is 5. The maximum atomic E-state index is 11.0. The van der Waals surface area contributed by atoms with E-state index >= 15 is 0 Å². The van der Waals surface area contributed by atoms with Crippen LogP contribution in [0.2, 0.25) is 0 Å². The number of H-pyrrole nitrogens is 1. The van der Waals surface area contributed by atoms with Gasteiger partial charge in [0.05, 0.1) is 22.0 Å². The number of allylic oxidation sites excluding steroid dienone is 1. The Morgan fingerprint density at radius 2 is 1.85 bits per heavy atom. The molecule has 0 saturated carbocycles. The van der Waals surface area contributed by atoms with Gasteiger partial charge >= 0.3 is 0 Å². The molecule has 1 atom stereocenters. The van der Waals surface area contributed by atoms with Crippen molar-refractivity contribution < 1.29 is 5.11 Å². The first-order chi connectivity index (χ1) is 16.5. The first-order valence-electron chi connectivity index (χ1n) is 11.3. The van der Waals surface area contributed by atoms with Crippen LogP contribution < -0.4 is 4.90 Å². The van der Waals surface area contributed by atoms with Crippen LogP contribution in [-0.2, 0) is 0 Å². The predicted molar refractivity (Wildman–Crippen MR) is 134 cm³/mol. The summed E-state index contributed by atoms with van der Waals surface area (Å²) in [5.41, 5.74) is 3.82. The molecular formula is C25H25N7OS. The third kappa shape index (κ3) is 4.13. The molecule has 9 heteroatoms. The number of aliphatic hydroxyl groups is 1. The number of nitrogens with zero attached hydrogens (tertiary/aromatic N) is 6. The number of hydrogen-bond acceptors (Lipinski definition) is 7. The largest absolute Gasteiger partial charge is 0.510 e. The summed E-state index contributed by atoms with van der Waals surface area (Å²) in [6.07, 6.45) is 2.26. The molecule has 0 aliphatic carbocycles. The van der Waals surface area contributed by atoms with Crippen LogP contribution in [-0.4, -0.2) is 48.2 Å². The molecule has 0 bridgehead atoms. The van der Waals surface area contributed by atoms with Gasteiger partial charge in [-0.1, -0.05) is 41.6 Å². The molecule has 0 spiro atoms. The quantitative estimate of drug-likeness (QED) is 0.231. The molecular weight excluding hydrogens is 446 g/mol. The average molecular weight is 472 g/mol. The maximum absolute atomic E-state index is 11.0. The van der Waals surface area contributed by atoms with Crippen LogP contribution in [0.15, 0.2) is 59.4 Å². The highest BCUT2D eigenvalue weighted by molar-refractivity contribution is 8.00. The van der Waals surface area contributed by atoms with Gasteiger partial charge in [-0.15, -0.1) is 10.2 Å². The lowest BCUT2D eigenvalue weighted by molar-refractivity contribution is 0.401. The number of nitrogens with one attached hydrogen (secondary N) is 1. The lowest BCUT2D eigenvalue weighted by Gasteiger charge is -2.19. The van der Waals surface area contributed by atoms with Crippen LogP contribution in [0.5, 0.6) is 0 Å². The number of nitriles is 1. The van der Waals surface area contributed by atoms with Gasteiger partial charge in [0.1, 0.15) is 17.4 Å². The van der Waals surface area contributed by atoms with Gasteiger partial charge in [-0.05, 0) is 51.0 Å². The molecule has 5 rings (SSSR count). The summed E-state index contributed by atoms with van der Waals surface area (Å²) in [5.74, 6) is 1.11. The SMILES string of the molecule is Cc1ccc(-n2c(SC(C)/C(O)=C(\C#N)c3nc4ccccc4[nH]3)nnc2N2CCCC2)cc1. The number of aryl methyl sites for hydroxylation is 1. The van der Waals surface area contributed by atoms with Crippen molar-refractivity contribution in [1.82, 2.24) is 24.7 Å². The summed E-state index contributed by atoms with van der Waals surface area (Å²) >= 11 is 1.36. The highest BCUT2D eigenvalue weighted by Gasteiger charge is 2.26. The summed E-state index contributed by atoms with van der Waals surface area (Å²) in [6.45, 7) is 5.79. The van der Waals surface area contributed by atoms with Crippen molar-refractivity contribution >= 4 is 34.3 Å². The first-order valence-corrected chi connectivity index (χ1v) is 12.2. The zero-order valence-corrected chi connectivity index (χ0v) is 19.9. The topological polar surface area (TPSA) is 107 Å². The van der Waals surface area contributed by atoms with E-state index in [0.29, 0.717) is 11.0 Å². The lowest BCUT2D eigenvalue weighted by atomic mass is 10.2. The van der Waals surface area contributed by atoms with Gasteiger partial charge in [0.15, 0.2) is 11.0 Å². The average Bonchev–Trinajstić information content (AvgIpc) is 3.59. The third-order valence-corrected chi connectivity index (χ3v) is 7.01. The molecule has 172 valence electrons. The van der Waals surface area contributed by atoms with Crippen LogP contribution >= 0.6 is 11.8 Å². The first kappa shape index (κ1) is 22.0. The van der Waals surface area contributed by atoms with Crippen LogP contribution in [0, 0.1) is 18.3 Å². The Morgan fingerprint density at radius 3 is 2.56 bits per heavy atom. The van der Waals surface area contributed by atoms with E-state index in [0.717, 1.165) is 48.6 Å². The molecule has 2 aromatic carbocycles. The number of fused-ring (bicyclic) bond motifs is 1. The number of imidazole rings is 1. The molecule has 0 amide bonds. The second-order valence-corrected chi connectivity index (χ2v) is 9.69. The van der Waals surface area contributed by atoms with E-state index in [1.165, 1.54) is 17.3 Å². The monoisotopic (exact) mass is 471 g/mol. The van der Waals surface area contributed by atoms with Crippen molar-refractivity contribution in [2.45, 2.75) is 37.1 Å². The van der Waals surface area contributed by atoms with Crippen LogP contribution in [0.25, 0.3) is 22.3 Å². The molecule has 1 fully saturated rings. The van der Waals surface area contributed by atoms with Crippen molar-refractivity contribution in [3.8, 4) is 11.8 Å². The summed E-state index contributed by atoms with van der Waals surface area (Å²) in [6, 6.07) is 17.9. The molecule has 2 aromatic heterocycles. The second kappa shape index (κ2) is 9.23. The molecule has 1 saturated heterocycles. The minimum atomic E-state index is -0.442. The summed E-state index contributed by atoms with van der Waals surface area (Å²) in [7, 11) is 0. The van der Waals surface area contributed by atoms with E-state index in [1.54, 1.807) is 0 Å². The summed E-state index contributed by atoms with van der Waals surface area (Å²) in [5, 5.41) is 30.0. The number of anilines is 1. The van der Waals surface area contributed by atoms with Gasteiger partial charge in [-0.3, -0.25) is 4.57 Å². The van der Waals surface area contributed by atoms with Gasteiger partial charge in [-0.2, -0.15) is 5.26 Å². The van der Waals surface area contributed by atoms with E-state index in [9.17, 15) is 10.4 Å². The van der Waals surface area contributed by atoms with Crippen molar-refractivity contribution in [2.24, 2.45) is 0 Å². The number of thioether (sulfide) groups is 1. The van der Waals surface area contributed by atoms with Gasteiger partial charge in [0.25, 0.3) is 0 Å². The van der Waals surface area contributed by atoms with E-state index in [4.69, 9.17) is 0 Å². The van der Waals surface area contributed by atoms with Gasteiger partial charge in [0, 0.05) is 13.1 Å². The Balaban J connectivity index is 1.50. The standard InChI is InChI=1S/C25H25N7OS/c1-16-9-11-18(12-10-16)32-24(31-13-5-6-14-31)29-30-25(32)34-17(2)22(33)19(15-26)23-27-20-7-3-4-8-21(20)28-23/h3-4,7-12,17,33H,5-6,13-14H2,1-2H3,(H,27,28)/b22-19-. The fourth-order valence-electron chi connectivity index (χ4n) is 4.10. The fourth-order valence-corrected chi connectivity index (χ4v) is 5.03. The molecule has 8 nitrogen and oxygen atoms in total. The van der Waals surface area contributed by atoms with Gasteiger partial charge < -0.3 is 15.0 Å². The highest BCUT2D eigenvalue weighted by atomic mass is 32.2. The Labute approximate surface area is 202 Å². The zero-order chi connectivity index (χ0) is 23.7. The van der Waals surface area contributed by atoms with Gasteiger partial charge in [0.2, 0.25) is 5.95 Å². The molecule has 1 unspecified atom stereocenters.